The lowest BCUT2D eigenvalue weighted by Gasteiger charge is -2.16. The third-order valence-corrected chi connectivity index (χ3v) is 10.7. The lowest BCUT2D eigenvalue weighted by Crippen LogP contribution is -1.93. The minimum Gasteiger partial charge on any atom is -0.309 e. The van der Waals surface area contributed by atoms with E-state index in [1.165, 1.54) is 76.1 Å². The molecule has 2 heteroatoms. The second-order valence-corrected chi connectivity index (χ2v) is 13.2. The van der Waals surface area contributed by atoms with Crippen molar-refractivity contribution < 1.29 is 0 Å². The molecule has 0 spiro atoms. The fourth-order valence-electron chi connectivity index (χ4n) is 8.49. The summed E-state index contributed by atoms with van der Waals surface area (Å²) >= 11 is 0. The van der Waals surface area contributed by atoms with Crippen LogP contribution in [-0.2, 0) is 0 Å². The Balaban J connectivity index is 1.13. The van der Waals surface area contributed by atoms with E-state index in [0.29, 0.717) is 5.56 Å². The van der Waals surface area contributed by atoms with Crippen LogP contribution in [0.25, 0.3) is 104 Å². The van der Waals surface area contributed by atoms with Crippen LogP contribution >= 0.6 is 0 Å². The SMILES string of the molecule is N#Cc1ccc2c3c1ccc1c(-c4cc5ccc6cc(-c7ccc8ccccc8c7)cc7ccc(c4)c5c67)ccc(c13)n2-c1ccccc1. The van der Waals surface area contributed by atoms with Crippen molar-refractivity contribution >= 4 is 75.7 Å². The van der Waals surface area contributed by atoms with E-state index in [1.807, 2.05) is 6.07 Å². The van der Waals surface area contributed by atoms with Crippen LogP contribution in [0.5, 0.6) is 0 Å². The summed E-state index contributed by atoms with van der Waals surface area (Å²) in [6.45, 7) is 0. The van der Waals surface area contributed by atoms with Crippen LogP contribution < -0.4 is 0 Å². The summed E-state index contributed by atoms with van der Waals surface area (Å²) in [7, 11) is 0. The standard InChI is InChI=1S/C47H26N2/c48-27-35-16-20-42-46-40(35)17-18-41-39(19-21-43(47(41)46)49(42)38-8-2-1-3-9-38)37-25-33-14-12-31-23-36(24-32-13-15-34(26-37)45(33)44(31)32)30-11-10-28-6-4-5-7-29(28)22-30/h1-26H. The predicted octanol–water partition coefficient (Wildman–Crippen LogP) is 12.6. The fourth-order valence-corrected chi connectivity index (χ4v) is 8.49. The quantitative estimate of drug-likeness (QED) is 0.181. The van der Waals surface area contributed by atoms with Gasteiger partial charge in [-0.2, -0.15) is 5.26 Å². The number of aromatic nitrogens is 1. The zero-order chi connectivity index (χ0) is 32.2. The normalized spacial score (nSPS) is 12.1. The number of para-hydroxylation sites is 1. The van der Waals surface area contributed by atoms with E-state index in [9.17, 15) is 5.26 Å². The molecule has 0 saturated heterocycles. The summed E-state index contributed by atoms with van der Waals surface area (Å²) in [4.78, 5) is 0. The summed E-state index contributed by atoms with van der Waals surface area (Å²) in [6.07, 6.45) is 0. The molecule has 11 rings (SSSR count). The van der Waals surface area contributed by atoms with E-state index >= 15 is 0 Å². The molecule has 0 bridgehead atoms. The third kappa shape index (κ3) is 3.65. The average molecular weight is 619 g/mol. The highest BCUT2D eigenvalue weighted by Gasteiger charge is 2.21. The van der Waals surface area contributed by atoms with Crippen molar-refractivity contribution in [2.45, 2.75) is 0 Å². The van der Waals surface area contributed by atoms with Crippen molar-refractivity contribution in [1.29, 1.82) is 5.26 Å². The van der Waals surface area contributed by atoms with E-state index in [4.69, 9.17) is 0 Å². The van der Waals surface area contributed by atoms with Gasteiger partial charge in [-0.1, -0.05) is 97.1 Å². The van der Waals surface area contributed by atoms with Crippen LogP contribution in [0.1, 0.15) is 5.56 Å². The van der Waals surface area contributed by atoms with Crippen molar-refractivity contribution in [2.75, 3.05) is 0 Å². The van der Waals surface area contributed by atoms with Gasteiger partial charge >= 0.3 is 0 Å². The first-order valence-electron chi connectivity index (χ1n) is 16.7. The molecule has 0 fully saturated rings. The van der Waals surface area contributed by atoms with E-state index in [0.717, 1.165) is 27.5 Å². The van der Waals surface area contributed by atoms with Gasteiger partial charge in [-0.3, -0.25) is 0 Å². The molecule has 0 aliphatic rings. The molecule has 0 atom stereocenters. The summed E-state index contributed by atoms with van der Waals surface area (Å²) in [5.74, 6) is 0. The Morgan fingerprint density at radius 2 is 0.939 bits per heavy atom. The highest BCUT2D eigenvalue weighted by molar-refractivity contribution is 6.29. The van der Waals surface area contributed by atoms with Gasteiger partial charge in [0.25, 0.3) is 0 Å². The van der Waals surface area contributed by atoms with Gasteiger partial charge in [0.05, 0.1) is 22.7 Å². The van der Waals surface area contributed by atoms with Crippen LogP contribution in [0.15, 0.2) is 158 Å². The monoisotopic (exact) mass is 618 g/mol. The molecule has 0 N–H and O–H groups in total. The molecule has 0 aliphatic heterocycles. The second-order valence-electron chi connectivity index (χ2n) is 13.2. The molecule has 10 aromatic carbocycles. The van der Waals surface area contributed by atoms with Gasteiger partial charge in [0.2, 0.25) is 0 Å². The predicted molar refractivity (Wildman–Crippen MR) is 206 cm³/mol. The van der Waals surface area contributed by atoms with Gasteiger partial charge in [-0.25, -0.2) is 0 Å². The molecule has 11 aromatic rings. The molecule has 49 heavy (non-hydrogen) atoms. The number of fused-ring (bicyclic) bond motifs is 1. The minimum absolute atomic E-state index is 0.707. The molecule has 1 aromatic heterocycles. The third-order valence-electron chi connectivity index (χ3n) is 10.7. The molecule has 0 radical (unpaired) electrons. The molecular weight excluding hydrogens is 593 g/mol. The first-order valence-corrected chi connectivity index (χ1v) is 16.7. The summed E-state index contributed by atoms with van der Waals surface area (Å²) in [5, 5.41) is 24.7. The Morgan fingerprint density at radius 1 is 0.388 bits per heavy atom. The first kappa shape index (κ1) is 26.4. The zero-order valence-electron chi connectivity index (χ0n) is 26.4. The van der Waals surface area contributed by atoms with E-state index < -0.39 is 0 Å². The van der Waals surface area contributed by atoms with Crippen LogP contribution in [-0.4, -0.2) is 4.57 Å². The summed E-state index contributed by atoms with van der Waals surface area (Å²) in [5.41, 5.74) is 8.98. The average Bonchev–Trinajstić information content (AvgIpc) is 3.51. The Bertz CT molecular complexity index is 3090. The Labute approximate surface area is 282 Å². The Morgan fingerprint density at radius 3 is 1.63 bits per heavy atom. The van der Waals surface area contributed by atoms with Gasteiger partial charge in [0.15, 0.2) is 0 Å². The minimum atomic E-state index is 0.707. The lowest BCUT2D eigenvalue weighted by molar-refractivity contribution is 1.18. The fraction of sp³-hybridized carbons (Fsp3) is 0. The maximum absolute atomic E-state index is 10.0. The largest absolute Gasteiger partial charge is 0.309 e. The van der Waals surface area contributed by atoms with Gasteiger partial charge in [0.1, 0.15) is 0 Å². The van der Waals surface area contributed by atoms with Crippen LogP contribution in [0.3, 0.4) is 0 Å². The van der Waals surface area contributed by atoms with Crippen LogP contribution in [0.4, 0.5) is 0 Å². The molecular formula is C47H26N2. The van der Waals surface area contributed by atoms with Crippen molar-refractivity contribution in [3.63, 3.8) is 0 Å². The van der Waals surface area contributed by atoms with Crippen molar-refractivity contribution in [3.8, 4) is 34.0 Å². The van der Waals surface area contributed by atoms with E-state index in [-0.39, 0.29) is 0 Å². The second kappa shape index (κ2) is 9.67. The van der Waals surface area contributed by atoms with Crippen LogP contribution in [0.2, 0.25) is 0 Å². The molecule has 0 unspecified atom stereocenters. The molecule has 0 amide bonds. The van der Waals surface area contributed by atoms with Gasteiger partial charge in [-0.15, -0.1) is 0 Å². The smallest absolute Gasteiger partial charge is 0.0998 e. The Hall–Kier alpha value is -6.69. The van der Waals surface area contributed by atoms with Crippen molar-refractivity contribution in [1.82, 2.24) is 4.57 Å². The van der Waals surface area contributed by atoms with Gasteiger partial charge < -0.3 is 4.57 Å². The highest BCUT2D eigenvalue weighted by atomic mass is 15.0. The summed E-state index contributed by atoms with van der Waals surface area (Å²) < 4.78 is 2.34. The van der Waals surface area contributed by atoms with Gasteiger partial charge in [-0.05, 0) is 131 Å². The highest BCUT2D eigenvalue weighted by Crippen LogP contribution is 2.45. The number of benzene rings is 10. The first-order chi connectivity index (χ1) is 24.2. The zero-order valence-corrected chi connectivity index (χ0v) is 26.4. The van der Waals surface area contributed by atoms with E-state index in [1.54, 1.807) is 0 Å². The van der Waals surface area contributed by atoms with Crippen molar-refractivity contribution in [3.05, 3.63) is 163 Å². The number of hydrogen-bond donors (Lipinski definition) is 0. The molecule has 0 aliphatic carbocycles. The lowest BCUT2D eigenvalue weighted by atomic mass is 9.88. The molecule has 1 heterocycles. The molecule has 224 valence electrons. The summed E-state index contributed by atoms with van der Waals surface area (Å²) in [6, 6.07) is 59.8. The number of nitriles is 1. The Kier molecular flexibility index (Phi) is 5.21. The molecule has 2 nitrogen and oxygen atoms in total. The van der Waals surface area contributed by atoms with Crippen molar-refractivity contribution in [2.24, 2.45) is 0 Å². The number of nitrogens with zero attached hydrogens (tertiary/aromatic N) is 2. The molecule has 0 saturated carbocycles. The maximum atomic E-state index is 10.0. The van der Waals surface area contributed by atoms with E-state index in [2.05, 4.69) is 162 Å². The van der Waals surface area contributed by atoms with Crippen LogP contribution in [0, 0.1) is 11.3 Å². The maximum Gasteiger partial charge on any atom is 0.0998 e. The number of rotatable bonds is 3. The number of hydrogen-bond acceptors (Lipinski definition) is 1. The topological polar surface area (TPSA) is 28.7 Å². The van der Waals surface area contributed by atoms with Gasteiger partial charge in [0, 0.05) is 21.8 Å².